The first-order valence-corrected chi connectivity index (χ1v) is 11.5. The Bertz CT molecular complexity index is 1710. The van der Waals surface area contributed by atoms with Gasteiger partial charge in [0.1, 0.15) is 17.2 Å². The van der Waals surface area contributed by atoms with Crippen molar-refractivity contribution in [2.24, 2.45) is 0 Å². The van der Waals surface area contributed by atoms with Gasteiger partial charge in [0, 0.05) is 5.69 Å². The van der Waals surface area contributed by atoms with E-state index in [1.807, 2.05) is 6.07 Å². The fourth-order valence-electron chi connectivity index (χ4n) is 4.05. The number of aromatic hydroxyl groups is 2. The molecule has 188 valence electrons. The van der Waals surface area contributed by atoms with Crippen LogP contribution in [-0.2, 0) is 0 Å². The maximum absolute atomic E-state index is 16.1. The zero-order valence-electron chi connectivity index (χ0n) is 18.8. The summed E-state index contributed by atoms with van der Waals surface area (Å²) < 4.78 is 37.9. The molecular weight excluding hydrogens is 541 g/mol. The average molecular weight is 553 g/mol. The number of ether oxygens (including phenoxy) is 1. The number of phenolic OH excluding ortho intramolecular Hbond substituents is 2. The van der Waals surface area contributed by atoms with Gasteiger partial charge in [-0.1, -0.05) is 29.3 Å². The summed E-state index contributed by atoms with van der Waals surface area (Å²) in [5.41, 5.74) is -3.57. The first-order chi connectivity index (χ1) is 18.1. The predicted octanol–water partition coefficient (Wildman–Crippen LogP) is 6.87. The van der Waals surface area contributed by atoms with Gasteiger partial charge in [-0.05, 0) is 48.5 Å². The Hall–Kier alpha value is -4.65. The fraction of sp³-hybridized carbons (Fsp3) is 0. The molecule has 3 N–H and O–H groups in total. The summed E-state index contributed by atoms with van der Waals surface area (Å²) >= 11 is 12.3. The van der Waals surface area contributed by atoms with E-state index < -0.39 is 68.4 Å². The summed E-state index contributed by atoms with van der Waals surface area (Å²) in [6.07, 6.45) is 0. The number of halogens is 4. The van der Waals surface area contributed by atoms with Gasteiger partial charge in [-0.2, -0.15) is 5.26 Å². The second kappa shape index (κ2) is 9.34. The lowest BCUT2D eigenvalue weighted by molar-refractivity contribution is 0.0967. The third-order valence-corrected chi connectivity index (χ3v) is 6.41. The zero-order valence-corrected chi connectivity index (χ0v) is 20.3. The Kier molecular flexibility index (Phi) is 6.15. The Labute approximate surface area is 223 Å². The van der Waals surface area contributed by atoms with E-state index in [2.05, 4.69) is 5.32 Å². The van der Waals surface area contributed by atoms with Gasteiger partial charge in [0.2, 0.25) is 11.6 Å². The van der Waals surface area contributed by atoms with Crippen molar-refractivity contribution in [3.63, 3.8) is 0 Å². The van der Waals surface area contributed by atoms with Crippen LogP contribution in [0.1, 0.15) is 37.4 Å². The maximum Gasteiger partial charge on any atom is 0.201 e. The molecule has 0 unspecified atom stereocenters. The Morgan fingerprint density at radius 1 is 0.763 bits per heavy atom. The average Bonchev–Trinajstić information content (AvgIpc) is 2.89. The van der Waals surface area contributed by atoms with E-state index in [1.54, 1.807) is 0 Å². The van der Waals surface area contributed by atoms with Crippen molar-refractivity contribution < 1.29 is 33.3 Å². The molecule has 4 aromatic rings. The van der Waals surface area contributed by atoms with Crippen molar-refractivity contribution in [2.45, 2.75) is 0 Å². The molecule has 7 nitrogen and oxygen atoms in total. The van der Waals surface area contributed by atoms with Crippen LogP contribution in [0.5, 0.6) is 23.0 Å². The Balaban J connectivity index is 1.79. The van der Waals surface area contributed by atoms with Gasteiger partial charge in [0.25, 0.3) is 0 Å². The monoisotopic (exact) mass is 552 g/mol. The minimum atomic E-state index is -1.44. The van der Waals surface area contributed by atoms with Gasteiger partial charge in [-0.15, -0.1) is 0 Å². The summed E-state index contributed by atoms with van der Waals surface area (Å²) in [5.74, 6) is -7.83. The summed E-state index contributed by atoms with van der Waals surface area (Å²) in [7, 11) is 0. The molecule has 4 aromatic carbocycles. The second-order valence-electron chi connectivity index (χ2n) is 8.06. The summed E-state index contributed by atoms with van der Waals surface area (Å²) in [4.78, 5) is 26.6. The summed E-state index contributed by atoms with van der Waals surface area (Å²) in [6.45, 7) is 0. The minimum Gasteiger partial charge on any atom is -0.507 e. The molecule has 0 aromatic heterocycles. The molecule has 1 aliphatic carbocycles. The van der Waals surface area contributed by atoms with Crippen molar-refractivity contribution in [1.82, 2.24) is 0 Å². The smallest absolute Gasteiger partial charge is 0.201 e. The van der Waals surface area contributed by atoms with Gasteiger partial charge in [0.15, 0.2) is 23.1 Å². The number of nitrogens with one attached hydrogen (secondary N) is 1. The number of benzene rings is 4. The first kappa shape index (κ1) is 25.0. The molecule has 0 spiro atoms. The highest BCUT2D eigenvalue weighted by Crippen LogP contribution is 2.48. The predicted molar refractivity (Wildman–Crippen MR) is 134 cm³/mol. The lowest BCUT2D eigenvalue weighted by Gasteiger charge is -2.24. The molecule has 0 aliphatic heterocycles. The number of rotatable bonds is 4. The number of nitriles is 1. The van der Waals surface area contributed by atoms with Gasteiger partial charge >= 0.3 is 0 Å². The van der Waals surface area contributed by atoms with Crippen LogP contribution in [0.25, 0.3) is 0 Å². The summed E-state index contributed by atoms with van der Waals surface area (Å²) in [6, 6.07) is 13.7. The number of hydrogen-bond donors (Lipinski definition) is 3. The normalized spacial score (nSPS) is 12.0. The highest BCUT2D eigenvalue weighted by Gasteiger charge is 2.42. The molecule has 38 heavy (non-hydrogen) atoms. The zero-order chi connectivity index (χ0) is 27.3. The van der Waals surface area contributed by atoms with Crippen LogP contribution in [0.4, 0.5) is 20.2 Å². The lowest BCUT2D eigenvalue weighted by atomic mass is 9.82. The molecule has 0 heterocycles. The molecule has 5 rings (SSSR count). The number of fused-ring (bicyclic) bond motifs is 2. The molecule has 0 atom stereocenters. The van der Waals surface area contributed by atoms with Gasteiger partial charge in [0.05, 0.1) is 43.9 Å². The topological polar surface area (TPSA) is 120 Å². The van der Waals surface area contributed by atoms with E-state index in [4.69, 9.17) is 33.2 Å². The van der Waals surface area contributed by atoms with E-state index >= 15 is 8.78 Å². The van der Waals surface area contributed by atoms with Crippen molar-refractivity contribution in [1.29, 1.82) is 5.26 Å². The van der Waals surface area contributed by atoms with Crippen LogP contribution < -0.4 is 10.1 Å². The molecule has 0 amide bonds. The van der Waals surface area contributed by atoms with E-state index in [0.717, 1.165) is 12.1 Å². The van der Waals surface area contributed by atoms with Crippen LogP contribution in [0.2, 0.25) is 10.0 Å². The molecule has 1 aliphatic rings. The third-order valence-electron chi connectivity index (χ3n) is 5.81. The third kappa shape index (κ3) is 3.87. The molecule has 11 heteroatoms. The number of carbonyl (C=O) groups excluding carboxylic acids is 2. The van der Waals surface area contributed by atoms with E-state index in [0.29, 0.717) is 5.56 Å². The van der Waals surface area contributed by atoms with Crippen molar-refractivity contribution >= 4 is 46.1 Å². The standard InChI is InChI=1S/C27H12Cl2F2N2O5/c28-13-2-1-3-14(29)26(13)38-27-22(31)20-19(21(30)23(27)33-12-6-4-11(10-32)5-7-12)24(36)17-15(34)8-9-16(35)18(17)25(20)37/h1-9,33-35H. The number of hydrogen-bond acceptors (Lipinski definition) is 7. The molecule has 0 radical (unpaired) electrons. The molecule has 0 fully saturated rings. The number of phenols is 2. The van der Waals surface area contributed by atoms with Crippen LogP contribution in [-0.4, -0.2) is 21.8 Å². The van der Waals surface area contributed by atoms with Crippen LogP contribution in [0.3, 0.4) is 0 Å². The van der Waals surface area contributed by atoms with Crippen molar-refractivity contribution in [3.05, 3.63) is 104 Å². The number of carbonyl (C=O) groups is 2. The van der Waals surface area contributed by atoms with Gasteiger partial charge < -0.3 is 20.3 Å². The molecular formula is C27H12Cl2F2N2O5. The highest BCUT2D eigenvalue weighted by atomic mass is 35.5. The lowest BCUT2D eigenvalue weighted by Crippen LogP contribution is -2.25. The SMILES string of the molecule is N#Cc1ccc(Nc2c(F)c3c(c(F)c2Oc2c(Cl)cccc2Cl)C(=O)c2c(O)ccc(O)c2C3=O)cc1. The highest BCUT2D eigenvalue weighted by molar-refractivity contribution is 6.37. The van der Waals surface area contributed by atoms with E-state index in [1.165, 1.54) is 42.5 Å². The van der Waals surface area contributed by atoms with E-state index in [9.17, 15) is 19.8 Å². The van der Waals surface area contributed by atoms with Crippen molar-refractivity contribution in [2.75, 3.05) is 5.32 Å². The van der Waals surface area contributed by atoms with Gasteiger partial charge in [-0.25, -0.2) is 8.78 Å². The van der Waals surface area contributed by atoms with E-state index in [-0.39, 0.29) is 21.5 Å². The van der Waals surface area contributed by atoms with Gasteiger partial charge in [-0.3, -0.25) is 9.59 Å². The number of para-hydroxylation sites is 1. The number of nitrogens with zero attached hydrogens (tertiary/aromatic N) is 1. The van der Waals surface area contributed by atoms with Crippen LogP contribution in [0.15, 0.2) is 54.6 Å². The second-order valence-corrected chi connectivity index (χ2v) is 8.88. The maximum atomic E-state index is 16.1. The fourth-order valence-corrected chi connectivity index (χ4v) is 4.52. The number of anilines is 2. The molecule has 0 saturated carbocycles. The first-order valence-electron chi connectivity index (χ1n) is 10.7. The molecule has 0 bridgehead atoms. The van der Waals surface area contributed by atoms with Crippen LogP contribution >= 0.6 is 23.2 Å². The largest absolute Gasteiger partial charge is 0.507 e. The summed E-state index contributed by atoms with van der Waals surface area (Å²) in [5, 5.41) is 32.0. The quantitative estimate of drug-likeness (QED) is 0.208. The Morgan fingerprint density at radius 3 is 1.82 bits per heavy atom. The minimum absolute atomic E-state index is 0.0605. The molecule has 0 saturated heterocycles. The van der Waals surface area contributed by atoms with Crippen LogP contribution in [0, 0.1) is 23.0 Å². The number of ketones is 2. The Morgan fingerprint density at radius 2 is 1.29 bits per heavy atom. The van der Waals surface area contributed by atoms with Crippen molar-refractivity contribution in [3.8, 4) is 29.1 Å².